The Balaban J connectivity index is 2.46. The smallest absolute Gasteiger partial charge is 0.354 e. The minimum absolute atomic E-state index is 0.0262. The molecule has 0 aromatic carbocycles. The third-order valence-electron chi connectivity index (χ3n) is 2.90. The average Bonchev–Trinajstić information content (AvgIpc) is 2.34. The van der Waals surface area contributed by atoms with Crippen LogP contribution in [0.2, 0.25) is 0 Å². The molecule has 106 valence electrons. The van der Waals surface area contributed by atoms with Gasteiger partial charge in [-0.1, -0.05) is 0 Å². The monoisotopic (exact) mass is 266 g/mol. The molecule has 1 N–H and O–H groups in total. The summed E-state index contributed by atoms with van der Waals surface area (Å²) in [6.07, 6.45) is 1.44. The Morgan fingerprint density at radius 1 is 1.32 bits per heavy atom. The summed E-state index contributed by atoms with van der Waals surface area (Å²) in [6, 6.07) is 4.01. The van der Waals surface area contributed by atoms with Crippen molar-refractivity contribution in [3.63, 3.8) is 0 Å². The first-order valence-electron chi connectivity index (χ1n) is 6.49. The largest absolute Gasteiger partial charge is 0.491 e. The molecule has 0 aliphatic rings. The number of rotatable bonds is 7. The second-order valence-electron chi connectivity index (χ2n) is 4.96. The van der Waals surface area contributed by atoms with Gasteiger partial charge in [-0.3, -0.25) is 4.90 Å². The molecule has 0 aliphatic heterocycles. The summed E-state index contributed by atoms with van der Waals surface area (Å²) in [4.78, 5) is 16.8. The van der Waals surface area contributed by atoms with E-state index >= 15 is 0 Å². The fourth-order valence-corrected chi connectivity index (χ4v) is 1.97. The molecule has 19 heavy (non-hydrogen) atoms. The van der Waals surface area contributed by atoms with Crippen LogP contribution in [0.1, 0.15) is 38.2 Å². The quantitative estimate of drug-likeness (QED) is 0.820. The minimum atomic E-state index is -1.03. The van der Waals surface area contributed by atoms with Gasteiger partial charge >= 0.3 is 5.97 Å². The Hall–Kier alpha value is -1.62. The summed E-state index contributed by atoms with van der Waals surface area (Å²) in [5.74, 6) is -0.435. The fourth-order valence-electron chi connectivity index (χ4n) is 1.97. The Labute approximate surface area is 114 Å². The van der Waals surface area contributed by atoms with Crippen molar-refractivity contribution in [3.8, 4) is 5.75 Å². The molecule has 0 fully saturated rings. The van der Waals surface area contributed by atoms with E-state index in [4.69, 9.17) is 9.84 Å². The van der Waals surface area contributed by atoms with Crippen LogP contribution >= 0.6 is 0 Å². The van der Waals surface area contributed by atoms with Crippen molar-refractivity contribution < 1.29 is 14.6 Å². The standard InChI is InChI=1S/C14H22N2O3/c1-10(2)16(11(3)4)7-8-19-12-5-6-13(14(17)18)15-9-12/h5-6,9-11H,7-8H2,1-4H3,(H,17,18). The maximum Gasteiger partial charge on any atom is 0.354 e. The molecule has 0 unspecified atom stereocenters. The van der Waals surface area contributed by atoms with Gasteiger partial charge in [0.1, 0.15) is 18.1 Å². The molecule has 0 atom stereocenters. The van der Waals surface area contributed by atoms with E-state index in [1.54, 1.807) is 6.07 Å². The van der Waals surface area contributed by atoms with Gasteiger partial charge in [-0.25, -0.2) is 9.78 Å². The van der Waals surface area contributed by atoms with E-state index in [-0.39, 0.29) is 5.69 Å². The van der Waals surface area contributed by atoms with Gasteiger partial charge in [0.25, 0.3) is 0 Å². The Bertz CT molecular complexity index is 394. The first kappa shape index (κ1) is 15.4. The van der Waals surface area contributed by atoms with Crippen LogP contribution in [0.3, 0.4) is 0 Å². The molecule has 1 aromatic rings. The van der Waals surface area contributed by atoms with Crippen molar-refractivity contribution in [1.29, 1.82) is 0 Å². The van der Waals surface area contributed by atoms with E-state index in [2.05, 4.69) is 37.6 Å². The van der Waals surface area contributed by atoms with Crippen molar-refractivity contribution in [1.82, 2.24) is 9.88 Å². The fraction of sp³-hybridized carbons (Fsp3) is 0.571. The highest BCUT2D eigenvalue weighted by molar-refractivity contribution is 5.85. The lowest BCUT2D eigenvalue weighted by Gasteiger charge is -2.30. The van der Waals surface area contributed by atoms with Gasteiger partial charge in [-0.05, 0) is 39.8 Å². The number of ether oxygens (including phenoxy) is 1. The Morgan fingerprint density at radius 3 is 2.37 bits per heavy atom. The average molecular weight is 266 g/mol. The van der Waals surface area contributed by atoms with Gasteiger partial charge in [-0.15, -0.1) is 0 Å². The number of aromatic nitrogens is 1. The number of nitrogens with zero attached hydrogens (tertiary/aromatic N) is 2. The topological polar surface area (TPSA) is 62.7 Å². The summed E-state index contributed by atoms with van der Waals surface area (Å²) in [5, 5.41) is 8.74. The Morgan fingerprint density at radius 2 is 1.95 bits per heavy atom. The van der Waals surface area contributed by atoms with E-state index in [1.807, 2.05) is 0 Å². The number of hydrogen-bond acceptors (Lipinski definition) is 4. The summed E-state index contributed by atoms with van der Waals surface area (Å²) in [5.41, 5.74) is 0.0262. The molecule has 0 aliphatic carbocycles. The number of carbonyl (C=O) groups is 1. The van der Waals surface area contributed by atoms with E-state index in [1.165, 1.54) is 12.3 Å². The number of pyridine rings is 1. The van der Waals surface area contributed by atoms with Gasteiger partial charge in [-0.2, -0.15) is 0 Å². The molecule has 0 bridgehead atoms. The highest BCUT2D eigenvalue weighted by Gasteiger charge is 2.13. The Kier molecular flexibility index (Phi) is 5.76. The maximum atomic E-state index is 10.7. The third-order valence-corrected chi connectivity index (χ3v) is 2.90. The molecule has 0 amide bonds. The summed E-state index contributed by atoms with van der Waals surface area (Å²) < 4.78 is 5.57. The van der Waals surface area contributed by atoms with Crippen LogP contribution in [0.15, 0.2) is 18.3 Å². The first-order chi connectivity index (χ1) is 8.91. The molecular formula is C14H22N2O3. The van der Waals surface area contributed by atoms with Gasteiger partial charge in [0, 0.05) is 18.6 Å². The van der Waals surface area contributed by atoms with Gasteiger partial charge in [0.15, 0.2) is 0 Å². The zero-order valence-electron chi connectivity index (χ0n) is 12.0. The maximum absolute atomic E-state index is 10.7. The number of carboxylic acid groups (broad SMARTS) is 1. The molecule has 1 rings (SSSR count). The van der Waals surface area contributed by atoms with E-state index in [9.17, 15) is 4.79 Å². The van der Waals surface area contributed by atoms with Crippen molar-refractivity contribution in [2.75, 3.05) is 13.2 Å². The zero-order valence-corrected chi connectivity index (χ0v) is 12.0. The number of hydrogen-bond donors (Lipinski definition) is 1. The molecule has 0 radical (unpaired) electrons. The zero-order chi connectivity index (χ0) is 14.4. The van der Waals surface area contributed by atoms with Crippen molar-refractivity contribution in [2.24, 2.45) is 0 Å². The lowest BCUT2D eigenvalue weighted by atomic mass is 10.2. The summed E-state index contributed by atoms with van der Waals surface area (Å²) in [7, 11) is 0. The van der Waals surface area contributed by atoms with Gasteiger partial charge < -0.3 is 9.84 Å². The third kappa shape index (κ3) is 4.87. The van der Waals surface area contributed by atoms with E-state index in [0.29, 0.717) is 24.4 Å². The van der Waals surface area contributed by atoms with Crippen LogP contribution in [0.4, 0.5) is 0 Å². The molecule has 5 heteroatoms. The second-order valence-corrected chi connectivity index (χ2v) is 4.96. The van der Waals surface area contributed by atoms with E-state index in [0.717, 1.165) is 6.54 Å². The van der Waals surface area contributed by atoms with Crippen molar-refractivity contribution in [3.05, 3.63) is 24.0 Å². The lowest BCUT2D eigenvalue weighted by molar-refractivity contribution is 0.0690. The van der Waals surface area contributed by atoms with Crippen LogP contribution < -0.4 is 4.74 Å². The molecular weight excluding hydrogens is 244 g/mol. The van der Waals surface area contributed by atoms with Crippen LogP contribution in [0.5, 0.6) is 5.75 Å². The van der Waals surface area contributed by atoms with Crippen LogP contribution in [0, 0.1) is 0 Å². The normalized spacial score (nSPS) is 11.3. The van der Waals surface area contributed by atoms with Crippen LogP contribution in [-0.4, -0.2) is 46.2 Å². The molecule has 0 saturated carbocycles. The molecule has 0 spiro atoms. The number of aromatic carboxylic acids is 1. The molecule has 0 saturated heterocycles. The van der Waals surface area contributed by atoms with Gasteiger partial charge in [0.2, 0.25) is 0 Å². The van der Waals surface area contributed by atoms with Crippen molar-refractivity contribution >= 4 is 5.97 Å². The SMILES string of the molecule is CC(C)N(CCOc1ccc(C(=O)O)nc1)C(C)C. The van der Waals surface area contributed by atoms with E-state index < -0.39 is 5.97 Å². The van der Waals surface area contributed by atoms with Crippen molar-refractivity contribution in [2.45, 2.75) is 39.8 Å². The van der Waals surface area contributed by atoms with Crippen LogP contribution in [-0.2, 0) is 0 Å². The first-order valence-corrected chi connectivity index (χ1v) is 6.49. The summed E-state index contributed by atoms with van der Waals surface area (Å²) >= 11 is 0. The predicted molar refractivity (Wildman–Crippen MR) is 73.7 cm³/mol. The molecule has 1 heterocycles. The molecule has 1 aromatic heterocycles. The lowest BCUT2D eigenvalue weighted by Crippen LogP contribution is -2.39. The second kappa shape index (κ2) is 7.09. The predicted octanol–water partition coefficient (Wildman–Crippen LogP) is 2.28. The minimum Gasteiger partial charge on any atom is -0.491 e. The summed E-state index contributed by atoms with van der Waals surface area (Å²) in [6.45, 7) is 10.0. The highest BCUT2D eigenvalue weighted by atomic mass is 16.5. The van der Waals surface area contributed by atoms with Gasteiger partial charge in [0.05, 0.1) is 6.20 Å². The van der Waals surface area contributed by atoms with Crippen LogP contribution in [0.25, 0.3) is 0 Å². The molecule has 5 nitrogen and oxygen atoms in total. The number of carboxylic acids is 1. The highest BCUT2D eigenvalue weighted by Crippen LogP contribution is 2.10.